The number of pyridine rings is 1. The third kappa shape index (κ3) is 2.61. The second-order valence-corrected chi connectivity index (χ2v) is 5.49. The van der Waals surface area contributed by atoms with Crippen molar-refractivity contribution in [3.05, 3.63) is 54.0 Å². The number of amides is 1. The van der Waals surface area contributed by atoms with Crippen LogP contribution in [0, 0.1) is 13.8 Å². The molecule has 9 heteroatoms. The van der Waals surface area contributed by atoms with Crippen molar-refractivity contribution in [2.45, 2.75) is 13.8 Å². The molecule has 0 fully saturated rings. The molecule has 2 N–H and O–H groups in total. The number of nitrogens with zero attached hydrogens (tertiary/aromatic N) is 6. The highest BCUT2D eigenvalue weighted by atomic mass is 16.2. The van der Waals surface area contributed by atoms with Gasteiger partial charge in [0, 0.05) is 11.6 Å². The Bertz CT molecular complexity index is 1070. The molecule has 0 aliphatic carbocycles. The molecule has 124 valence electrons. The third-order valence-electron chi connectivity index (χ3n) is 3.79. The summed E-state index contributed by atoms with van der Waals surface area (Å²) < 4.78 is 1.43. The van der Waals surface area contributed by atoms with Gasteiger partial charge < -0.3 is 5.32 Å². The number of H-pyrrole nitrogens is 1. The van der Waals surface area contributed by atoms with Crippen LogP contribution in [0.1, 0.15) is 22.0 Å². The van der Waals surface area contributed by atoms with Crippen LogP contribution >= 0.6 is 0 Å². The maximum atomic E-state index is 12.6. The van der Waals surface area contributed by atoms with Crippen LogP contribution in [0.25, 0.3) is 16.9 Å². The van der Waals surface area contributed by atoms with Crippen LogP contribution in [-0.4, -0.2) is 40.8 Å². The van der Waals surface area contributed by atoms with Gasteiger partial charge in [-0.25, -0.2) is 10.1 Å². The van der Waals surface area contributed by atoms with Gasteiger partial charge in [-0.3, -0.25) is 9.78 Å². The van der Waals surface area contributed by atoms with Gasteiger partial charge in [0.25, 0.3) is 5.91 Å². The minimum atomic E-state index is -0.407. The number of carbonyl (C=O) groups excluding carboxylic acids is 1. The highest BCUT2D eigenvalue weighted by Gasteiger charge is 2.17. The Morgan fingerprint density at radius 1 is 1.20 bits per heavy atom. The number of aryl methyl sites for hydroxylation is 2. The summed E-state index contributed by atoms with van der Waals surface area (Å²) in [5.74, 6) is 0.563. The maximum Gasteiger partial charge on any atom is 0.295 e. The molecule has 0 aliphatic heterocycles. The van der Waals surface area contributed by atoms with E-state index in [1.54, 1.807) is 13.1 Å². The molecule has 0 radical (unpaired) electrons. The number of benzene rings is 1. The number of aromatic nitrogens is 7. The predicted octanol–water partition coefficient (Wildman–Crippen LogP) is 1.80. The van der Waals surface area contributed by atoms with Crippen molar-refractivity contribution in [1.82, 2.24) is 34.9 Å². The van der Waals surface area contributed by atoms with E-state index in [4.69, 9.17) is 0 Å². The summed E-state index contributed by atoms with van der Waals surface area (Å²) in [4.78, 5) is 25.1. The molecule has 4 rings (SSSR count). The summed E-state index contributed by atoms with van der Waals surface area (Å²) in [7, 11) is 0. The fraction of sp³-hybridized carbons (Fsp3) is 0.125. The van der Waals surface area contributed by atoms with Crippen molar-refractivity contribution < 1.29 is 4.79 Å². The quantitative estimate of drug-likeness (QED) is 0.590. The van der Waals surface area contributed by atoms with Crippen molar-refractivity contribution in [1.29, 1.82) is 0 Å². The van der Waals surface area contributed by atoms with Crippen LogP contribution in [0.5, 0.6) is 0 Å². The Hall–Kier alpha value is -3.62. The first-order chi connectivity index (χ1) is 12.1. The van der Waals surface area contributed by atoms with Gasteiger partial charge in [0.1, 0.15) is 12.2 Å². The van der Waals surface area contributed by atoms with Gasteiger partial charge in [-0.05, 0) is 37.6 Å². The number of rotatable bonds is 3. The highest BCUT2D eigenvalue weighted by molar-refractivity contribution is 6.07. The highest BCUT2D eigenvalue weighted by Crippen LogP contribution is 2.24. The molecule has 9 nitrogen and oxygen atoms in total. The summed E-state index contributed by atoms with van der Waals surface area (Å²) in [5.41, 5.74) is 2.54. The Balaban J connectivity index is 1.68. The van der Waals surface area contributed by atoms with E-state index in [2.05, 4.69) is 35.6 Å². The molecule has 0 saturated carbocycles. The van der Waals surface area contributed by atoms with Gasteiger partial charge in [-0.15, -0.1) is 5.10 Å². The van der Waals surface area contributed by atoms with Gasteiger partial charge >= 0.3 is 0 Å². The normalized spacial score (nSPS) is 11.0. The average Bonchev–Trinajstić information content (AvgIpc) is 3.27. The molecule has 3 heterocycles. The summed E-state index contributed by atoms with van der Waals surface area (Å²) in [5, 5.41) is 14.4. The molecule has 0 spiro atoms. The fourth-order valence-corrected chi connectivity index (χ4v) is 2.59. The predicted molar refractivity (Wildman–Crippen MR) is 90.5 cm³/mol. The molecule has 0 atom stereocenters. The van der Waals surface area contributed by atoms with E-state index in [0.717, 1.165) is 16.5 Å². The van der Waals surface area contributed by atoms with Crippen LogP contribution in [0.2, 0.25) is 0 Å². The molecule has 0 unspecified atom stereocenters. The van der Waals surface area contributed by atoms with Gasteiger partial charge in [0.2, 0.25) is 11.8 Å². The number of aromatic amines is 1. The van der Waals surface area contributed by atoms with Gasteiger partial charge in [-0.1, -0.05) is 6.07 Å². The van der Waals surface area contributed by atoms with Crippen LogP contribution < -0.4 is 5.32 Å². The minimum Gasteiger partial charge on any atom is -0.319 e. The first-order valence-electron chi connectivity index (χ1n) is 7.58. The molecule has 0 aliphatic rings. The lowest BCUT2D eigenvalue weighted by Gasteiger charge is -2.08. The van der Waals surface area contributed by atoms with E-state index in [-0.39, 0.29) is 5.82 Å². The number of fused-ring (bicyclic) bond motifs is 1. The van der Waals surface area contributed by atoms with E-state index < -0.39 is 5.91 Å². The van der Waals surface area contributed by atoms with E-state index in [9.17, 15) is 4.79 Å². The Morgan fingerprint density at radius 2 is 2.08 bits per heavy atom. The molecule has 0 saturated heterocycles. The van der Waals surface area contributed by atoms with Gasteiger partial charge in [-0.2, -0.15) is 14.8 Å². The monoisotopic (exact) mass is 334 g/mol. The zero-order valence-corrected chi connectivity index (χ0v) is 13.6. The Kier molecular flexibility index (Phi) is 3.46. The lowest BCUT2D eigenvalue weighted by Crippen LogP contribution is -2.15. The smallest absolute Gasteiger partial charge is 0.295 e. The average molecular weight is 334 g/mol. The SMILES string of the molecule is Cc1ccc(NC(=O)c2nc(C)n(-c3ncn[nH]3)n2)c2cccnc12. The van der Waals surface area contributed by atoms with Crippen LogP contribution in [0.15, 0.2) is 36.8 Å². The first-order valence-corrected chi connectivity index (χ1v) is 7.58. The summed E-state index contributed by atoms with van der Waals surface area (Å²) in [6.07, 6.45) is 3.09. The lowest BCUT2D eigenvalue weighted by atomic mass is 10.1. The number of hydrogen-bond acceptors (Lipinski definition) is 6. The molecule has 25 heavy (non-hydrogen) atoms. The van der Waals surface area contributed by atoms with Crippen LogP contribution in [0.4, 0.5) is 5.69 Å². The van der Waals surface area contributed by atoms with E-state index in [1.807, 2.05) is 31.2 Å². The summed E-state index contributed by atoms with van der Waals surface area (Å²) >= 11 is 0. The van der Waals surface area contributed by atoms with E-state index in [1.165, 1.54) is 11.0 Å². The van der Waals surface area contributed by atoms with Crippen molar-refractivity contribution >= 4 is 22.5 Å². The van der Waals surface area contributed by atoms with E-state index in [0.29, 0.717) is 17.5 Å². The molecular formula is C16H14N8O. The molecule has 0 bridgehead atoms. The molecule has 1 aromatic carbocycles. The summed E-state index contributed by atoms with van der Waals surface area (Å²) in [6, 6.07) is 7.50. The fourth-order valence-electron chi connectivity index (χ4n) is 2.59. The van der Waals surface area contributed by atoms with Gasteiger partial charge in [0.15, 0.2) is 0 Å². The molecule has 4 aromatic rings. The second kappa shape index (κ2) is 5.78. The number of anilines is 1. The topological polar surface area (TPSA) is 114 Å². The van der Waals surface area contributed by atoms with Crippen molar-refractivity contribution in [3.8, 4) is 5.95 Å². The van der Waals surface area contributed by atoms with Crippen molar-refractivity contribution in [3.63, 3.8) is 0 Å². The zero-order valence-electron chi connectivity index (χ0n) is 13.6. The lowest BCUT2D eigenvalue weighted by molar-refractivity contribution is 0.101. The third-order valence-corrected chi connectivity index (χ3v) is 3.79. The Morgan fingerprint density at radius 3 is 2.88 bits per heavy atom. The number of carbonyl (C=O) groups is 1. The molecule has 1 amide bonds. The largest absolute Gasteiger partial charge is 0.319 e. The second-order valence-electron chi connectivity index (χ2n) is 5.49. The first kappa shape index (κ1) is 14.9. The van der Waals surface area contributed by atoms with Crippen molar-refractivity contribution in [2.24, 2.45) is 0 Å². The maximum absolute atomic E-state index is 12.6. The Labute approximate surface area is 142 Å². The molecular weight excluding hydrogens is 320 g/mol. The van der Waals surface area contributed by atoms with Crippen LogP contribution in [0.3, 0.4) is 0 Å². The minimum absolute atomic E-state index is 0.0477. The standard InChI is InChI=1S/C16H14N8O/c1-9-5-6-12(11-4-3-7-17-13(9)11)21-15(25)14-20-10(2)24(23-14)16-18-8-19-22-16/h3-8H,1-2H3,(H,21,25)(H,18,19,22). The van der Waals surface area contributed by atoms with Crippen LogP contribution in [-0.2, 0) is 0 Å². The molecule has 3 aromatic heterocycles. The van der Waals surface area contributed by atoms with Gasteiger partial charge in [0.05, 0.1) is 11.2 Å². The summed E-state index contributed by atoms with van der Waals surface area (Å²) in [6.45, 7) is 3.71. The van der Waals surface area contributed by atoms with E-state index >= 15 is 0 Å². The number of nitrogens with one attached hydrogen (secondary N) is 2. The number of hydrogen-bond donors (Lipinski definition) is 2. The van der Waals surface area contributed by atoms with Crippen molar-refractivity contribution in [2.75, 3.05) is 5.32 Å². The zero-order chi connectivity index (χ0) is 17.4.